The molecule has 1 fully saturated rings. The average Bonchev–Trinajstić information content (AvgIpc) is 2.31. The Morgan fingerprint density at radius 1 is 1.62 bits per heavy atom. The van der Waals surface area contributed by atoms with Crippen LogP contribution in [-0.4, -0.2) is 21.2 Å². The summed E-state index contributed by atoms with van der Waals surface area (Å²) in [5.41, 5.74) is 5.67. The molecule has 0 aliphatic heterocycles. The SMILES string of the molecule is CC(N)Cc1nc(C2CCC2)n[nH]1. The van der Waals surface area contributed by atoms with Gasteiger partial charge in [0.05, 0.1) is 0 Å². The maximum atomic E-state index is 5.67. The topological polar surface area (TPSA) is 67.6 Å². The highest BCUT2D eigenvalue weighted by atomic mass is 15.2. The van der Waals surface area contributed by atoms with Crippen molar-refractivity contribution in [2.45, 2.75) is 44.6 Å². The summed E-state index contributed by atoms with van der Waals surface area (Å²) in [7, 11) is 0. The Labute approximate surface area is 77.9 Å². The fourth-order valence-electron chi connectivity index (χ4n) is 1.56. The molecule has 1 aliphatic carbocycles. The van der Waals surface area contributed by atoms with E-state index in [-0.39, 0.29) is 6.04 Å². The molecular formula is C9H16N4. The normalized spacial score (nSPS) is 19.8. The summed E-state index contributed by atoms with van der Waals surface area (Å²) in [4.78, 5) is 4.43. The second-order valence-electron chi connectivity index (χ2n) is 3.95. The lowest BCUT2D eigenvalue weighted by atomic mass is 9.85. The lowest BCUT2D eigenvalue weighted by Crippen LogP contribution is -2.18. The molecule has 1 unspecified atom stereocenters. The van der Waals surface area contributed by atoms with Gasteiger partial charge in [0.2, 0.25) is 0 Å². The first-order valence-corrected chi connectivity index (χ1v) is 4.92. The largest absolute Gasteiger partial charge is 0.328 e. The van der Waals surface area contributed by atoms with E-state index in [0.717, 1.165) is 18.1 Å². The van der Waals surface area contributed by atoms with Crippen LogP contribution in [0.4, 0.5) is 0 Å². The standard InChI is InChI=1S/C9H16N4/c1-6(10)5-8-11-9(13-12-8)7-3-2-4-7/h6-7H,2-5,10H2,1H3,(H,11,12,13). The van der Waals surface area contributed by atoms with E-state index in [4.69, 9.17) is 5.73 Å². The third-order valence-electron chi connectivity index (χ3n) is 2.53. The van der Waals surface area contributed by atoms with Gasteiger partial charge in [-0.1, -0.05) is 6.42 Å². The number of nitrogens with one attached hydrogen (secondary N) is 1. The summed E-state index contributed by atoms with van der Waals surface area (Å²) in [6, 6.07) is 0.155. The second kappa shape index (κ2) is 3.46. The quantitative estimate of drug-likeness (QED) is 0.728. The lowest BCUT2D eigenvalue weighted by molar-refractivity contribution is 0.402. The molecule has 0 radical (unpaired) electrons. The summed E-state index contributed by atoms with van der Waals surface area (Å²) in [6.45, 7) is 1.98. The zero-order valence-corrected chi connectivity index (χ0v) is 7.95. The van der Waals surface area contributed by atoms with Crippen molar-refractivity contribution in [3.8, 4) is 0 Å². The van der Waals surface area contributed by atoms with Crippen molar-refractivity contribution in [1.29, 1.82) is 0 Å². The molecule has 4 heteroatoms. The number of aromatic nitrogens is 3. The smallest absolute Gasteiger partial charge is 0.153 e. The van der Waals surface area contributed by atoms with Crippen LogP contribution in [0, 0.1) is 0 Å². The van der Waals surface area contributed by atoms with Gasteiger partial charge in [0, 0.05) is 18.4 Å². The number of rotatable bonds is 3. The van der Waals surface area contributed by atoms with E-state index in [1.807, 2.05) is 6.92 Å². The third-order valence-corrected chi connectivity index (χ3v) is 2.53. The summed E-state index contributed by atoms with van der Waals surface area (Å²) >= 11 is 0. The fraction of sp³-hybridized carbons (Fsp3) is 0.778. The zero-order chi connectivity index (χ0) is 9.26. The first-order chi connectivity index (χ1) is 6.25. The van der Waals surface area contributed by atoms with E-state index < -0.39 is 0 Å². The van der Waals surface area contributed by atoms with Crippen LogP contribution in [0.5, 0.6) is 0 Å². The summed E-state index contributed by atoms with van der Waals surface area (Å²) in [5, 5.41) is 7.14. The molecule has 13 heavy (non-hydrogen) atoms. The predicted octanol–water partition coefficient (Wildman–Crippen LogP) is 0.962. The number of nitrogens with two attached hydrogens (primary N) is 1. The highest BCUT2D eigenvalue weighted by Gasteiger charge is 2.23. The Kier molecular flexibility index (Phi) is 2.31. The number of H-pyrrole nitrogens is 1. The predicted molar refractivity (Wildman–Crippen MR) is 50.3 cm³/mol. The molecule has 0 aromatic carbocycles. The third kappa shape index (κ3) is 1.88. The summed E-state index contributed by atoms with van der Waals surface area (Å²) < 4.78 is 0. The van der Waals surface area contributed by atoms with Gasteiger partial charge < -0.3 is 5.73 Å². The molecule has 1 aromatic rings. The van der Waals surface area contributed by atoms with E-state index in [1.165, 1.54) is 19.3 Å². The van der Waals surface area contributed by atoms with Crippen LogP contribution in [0.25, 0.3) is 0 Å². The van der Waals surface area contributed by atoms with Crippen molar-refractivity contribution in [3.63, 3.8) is 0 Å². The summed E-state index contributed by atoms with van der Waals surface area (Å²) in [6.07, 6.45) is 4.60. The molecule has 1 atom stereocenters. The van der Waals surface area contributed by atoms with Crippen LogP contribution in [-0.2, 0) is 6.42 Å². The van der Waals surface area contributed by atoms with Crippen molar-refractivity contribution < 1.29 is 0 Å². The molecule has 0 spiro atoms. The van der Waals surface area contributed by atoms with Gasteiger partial charge in [-0.3, -0.25) is 5.10 Å². The van der Waals surface area contributed by atoms with Gasteiger partial charge in [0.1, 0.15) is 5.82 Å². The maximum absolute atomic E-state index is 5.67. The molecule has 0 saturated heterocycles. The highest BCUT2D eigenvalue weighted by molar-refractivity contribution is 5.02. The average molecular weight is 180 g/mol. The number of hydrogen-bond acceptors (Lipinski definition) is 3. The van der Waals surface area contributed by atoms with E-state index in [0.29, 0.717) is 5.92 Å². The van der Waals surface area contributed by atoms with E-state index >= 15 is 0 Å². The molecule has 4 nitrogen and oxygen atoms in total. The van der Waals surface area contributed by atoms with E-state index in [9.17, 15) is 0 Å². The molecule has 3 N–H and O–H groups in total. The Bertz CT molecular complexity index is 275. The van der Waals surface area contributed by atoms with Crippen LogP contribution in [0.1, 0.15) is 43.8 Å². The van der Waals surface area contributed by atoms with Gasteiger partial charge in [-0.25, -0.2) is 4.98 Å². The molecule has 1 saturated carbocycles. The Morgan fingerprint density at radius 2 is 2.38 bits per heavy atom. The lowest BCUT2D eigenvalue weighted by Gasteiger charge is -2.21. The first kappa shape index (κ1) is 8.69. The van der Waals surface area contributed by atoms with Crippen molar-refractivity contribution in [2.75, 3.05) is 0 Å². The molecule has 0 bridgehead atoms. The van der Waals surface area contributed by atoms with E-state index in [2.05, 4.69) is 15.2 Å². The highest BCUT2D eigenvalue weighted by Crippen LogP contribution is 2.33. The second-order valence-corrected chi connectivity index (χ2v) is 3.95. The number of hydrogen-bond donors (Lipinski definition) is 2. The van der Waals surface area contributed by atoms with Gasteiger partial charge in [0.25, 0.3) is 0 Å². The van der Waals surface area contributed by atoms with Crippen LogP contribution in [0.2, 0.25) is 0 Å². The van der Waals surface area contributed by atoms with Gasteiger partial charge in [-0.15, -0.1) is 0 Å². The molecule has 1 aromatic heterocycles. The van der Waals surface area contributed by atoms with Gasteiger partial charge in [-0.05, 0) is 19.8 Å². The van der Waals surface area contributed by atoms with E-state index in [1.54, 1.807) is 0 Å². The first-order valence-electron chi connectivity index (χ1n) is 4.92. The van der Waals surface area contributed by atoms with Crippen LogP contribution in [0.3, 0.4) is 0 Å². The molecule has 1 aliphatic rings. The van der Waals surface area contributed by atoms with Crippen molar-refractivity contribution in [3.05, 3.63) is 11.6 Å². The zero-order valence-electron chi connectivity index (χ0n) is 7.95. The van der Waals surface area contributed by atoms with Crippen molar-refractivity contribution in [1.82, 2.24) is 15.2 Å². The number of nitrogens with zero attached hydrogens (tertiary/aromatic N) is 2. The molecular weight excluding hydrogens is 164 g/mol. The van der Waals surface area contributed by atoms with Gasteiger partial charge in [0.15, 0.2) is 5.82 Å². The maximum Gasteiger partial charge on any atom is 0.153 e. The minimum Gasteiger partial charge on any atom is -0.328 e. The number of aromatic amines is 1. The van der Waals surface area contributed by atoms with Crippen molar-refractivity contribution in [2.24, 2.45) is 5.73 Å². The Hall–Kier alpha value is -0.900. The Balaban J connectivity index is 2.00. The van der Waals surface area contributed by atoms with Gasteiger partial charge >= 0.3 is 0 Å². The van der Waals surface area contributed by atoms with Crippen LogP contribution < -0.4 is 5.73 Å². The Morgan fingerprint density at radius 3 is 2.92 bits per heavy atom. The monoisotopic (exact) mass is 180 g/mol. The minimum absolute atomic E-state index is 0.155. The molecule has 72 valence electrons. The molecule has 2 rings (SSSR count). The molecule has 1 heterocycles. The fourth-order valence-corrected chi connectivity index (χ4v) is 1.56. The van der Waals surface area contributed by atoms with Crippen LogP contribution in [0.15, 0.2) is 0 Å². The summed E-state index contributed by atoms with van der Waals surface area (Å²) in [5.74, 6) is 2.52. The minimum atomic E-state index is 0.155. The van der Waals surface area contributed by atoms with Crippen LogP contribution >= 0.6 is 0 Å². The van der Waals surface area contributed by atoms with Crippen molar-refractivity contribution >= 4 is 0 Å². The van der Waals surface area contributed by atoms with Gasteiger partial charge in [-0.2, -0.15) is 5.10 Å². The molecule has 0 amide bonds.